The third kappa shape index (κ3) is 4.45. The quantitative estimate of drug-likeness (QED) is 0.189. The van der Waals surface area contributed by atoms with E-state index < -0.39 is 0 Å². The highest BCUT2D eigenvalue weighted by Crippen LogP contribution is 2.42. The lowest BCUT2D eigenvalue weighted by Gasteiger charge is -2.08. The molecule has 9 aromatic rings. The van der Waals surface area contributed by atoms with E-state index >= 15 is 0 Å². The molecule has 0 unspecified atom stereocenters. The van der Waals surface area contributed by atoms with Gasteiger partial charge in [0.2, 0.25) is 0 Å². The number of fused-ring (bicyclic) bond motifs is 6. The second-order valence-electron chi connectivity index (χ2n) is 11.0. The molecule has 3 heterocycles. The van der Waals surface area contributed by atoms with Gasteiger partial charge in [0, 0.05) is 57.8 Å². The van der Waals surface area contributed by atoms with Crippen molar-refractivity contribution >= 4 is 69.2 Å². The summed E-state index contributed by atoms with van der Waals surface area (Å²) >= 11 is 5.54. The number of para-hydroxylation sites is 1. The molecule has 0 saturated heterocycles. The summed E-state index contributed by atoms with van der Waals surface area (Å²) in [5, 5.41) is 4.88. The summed E-state index contributed by atoms with van der Waals surface area (Å²) in [5.41, 5.74) is 6.43. The number of aromatic nitrogens is 4. The van der Waals surface area contributed by atoms with Crippen LogP contribution in [0.3, 0.4) is 0 Å². The summed E-state index contributed by atoms with van der Waals surface area (Å²) in [4.78, 5) is 14.8. The fourth-order valence-electron chi connectivity index (χ4n) is 6.19. The molecule has 6 aromatic carbocycles. The minimum Gasteiger partial charge on any atom is -0.309 e. The fraction of sp³-hybridized carbons (Fsp3) is 0. The van der Waals surface area contributed by atoms with E-state index in [0.29, 0.717) is 17.5 Å². The van der Waals surface area contributed by atoms with Crippen LogP contribution in [0.5, 0.6) is 0 Å². The van der Waals surface area contributed by atoms with Crippen LogP contribution >= 0.6 is 27.3 Å². The average Bonchev–Trinajstić information content (AvgIpc) is 3.62. The van der Waals surface area contributed by atoms with Gasteiger partial charge >= 0.3 is 0 Å². The van der Waals surface area contributed by atoms with Gasteiger partial charge in [0.25, 0.3) is 0 Å². The van der Waals surface area contributed by atoms with Crippen molar-refractivity contribution in [3.05, 3.63) is 144 Å². The summed E-state index contributed by atoms with van der Waals surface area (Å²) in [6.45, 7) is 0. The van der Waals surface area contributed by atoms with Crippen LogP contribution in [0.4, 0.5) is 0 Å². The molecule has 0 aliphatic rings. The maximum Gasteiger partial charge on any atom is 0.164 e. The fourth-order valence-corrected chi connectivity index (χ4v) is 7.66. The second-order valence-corrected chi connectivity index (χ2v) is 13.0. The molecule has 0 aliphatic heterocycles. The van der Waals surface area contributed by atoms with Crippen molar-refractivity contribution in [2.24, 2.45) is 0 Å². The van der Waals surface area contributed by atoms with E-state index in [1.54, 1.807) is 0 Å². The lowest BCUT2D eigenvalue weighted by molar-refractivity contribution is 1.07. The highest BCUT2D eigenvalue weighted by Gasteiger charge is 2.18. The Bertz CT molecular complexity index is 2480. The summed E-state index contributed by atoms with van der Waals surface area (Å²) in [6.07, 6.45) is 0. The second kappa shape index (κ2) is 10.5. The summed E-state index contributed by atoms with van der Waals surface area (Å²) in [6, 6.07) is 48.7. The van der Waals surface area contributed by atoms with Crippen molar-refractivity contribution in [2.75, 3.05) is 0 Å². The van der Waals surface area contributed by atoms with E-state index in [1.165, 1.54) is 42.0 Å². The molecular formula is C39H23BrN4S. The van der Waals surface area contributed by atoms with Gasteiger partial charge in [0.15, 0.2) is 17.5 Å². The smallest absolute Gasteiger partial charge is 0.164 e. The van der Waals surface area contributed by atoms with Crippen molar-refractivity contribution < 1.29 is 0 Å². The zero-order valence-corrected chi connectivity index (χ0v) is 26.3. The Balaban J connectivity index is 1.27. The van der Waals surface area contributed by atoms with E-state index in [-0.39, 0.29) is 0 Å². The van der Waals surface area contributed by atoms with Crippen LogP contribution in [0.1, 0.15) is 0 Å². The lowest BCUT2D eigenvalue weighted by Crippen LogP contribution is -2.00. The molecule has 45 heavy (non-hydrogen) atoms. The van der Waals surface area contributed by atoms with Crippen molar-refractivity contribution in [3.8, 4) is 39.9 Å². The highest BCUT2D eigenvalue weighted by molar-refractivity contribution is 9.10. The van der Waals surface area contributed by atoms with E-state index in [2.05, 4.69) is 99.4 Å². The Morgan fingerprint density at radius 2 is 1.02 bits per heavy atom. The molecule has 3 aromatic heterocycles. The van der Waals surface area contributed by atoms with Crippen molar-refractivity contribution in [3.63, 3.8) is 0 Å². The average molecular weight is 660 g/mol. The van der Waals surface area contributed by atoms with Crippen LogP contribution < -0.4 is 0 Å². The number of halogens is 1. The molecule has 0 bridgehead atoms. The highest BCUT2D eigenvalue weighted by atomic mass is 79.9. The zero-order valence-electron chi connectivity index (χ0n) is 23.9. The first kappa shape index (κ1) is 26.3. The molecule has 0 atom stereocenters. The third-order valence-corrected chi connectivity index (χ3v) is 9.92. The van der Waals surface area contributed by atoms with E-state index in [1.807, 2.05) is 72.0 Å². The molecule has 0 radical (unpaired) electrons. The van der Waals surface area contributed by atoms with Gasteiger partial charge in [0.05, 0.1) is 11.0 Å². The van der Waals surface area contributed by atoms with Crippen LogP contribution in [0.15, 0.2) is 144 Å². The number of thiophene rings is 1. The van der Waals surface area contributed by atoms with Crippen molar-refractivity contribution in [1.29, 1.82) is 0 Å². The predicted molar refractivity (Wildman–Crippen MR) is 191 cm³/mol. The van der Waals surface area contributed by atoms with Gasteiger partial charge in [-0.05, 0) is 60.7 Å². The Morgan fingerprint density at radius 1 is 0.444 bits per heavy atom. The van der Waals surface area contributed by atoms with Crippen molar-refractivity contribution in [1.82, 2.24) is 19.5 Å². The van der Waals surface area contributed by atoms with E-state index in [4.69, 9.17) is 15.0 Å². The number of hydrogen-bond donors (Lipinski definition) is 0. The van der Waals surface area contributed by atoms with Gasteiger partial charge in [-0.2, -0.15) is 0 Å². The number of nitrogens with zero attached hydrogens (tertiary/aromatic N) is 4. The largest absolute Gasteiger partial charge is 0.309 e. The molecule has 4 nitrogen and oxygen atoms in total. The summed E-state index contributed by atoms with van der Waals surface area (Å²) in [5.74, 6) is 1.99. The maximum absolute atomic E-state index is 4.98. The molecule has 0 amide bonds. The lowest BCUT2D eigenvalue weighted by atomic mass is 10.1. The molecule has 9 rings (SSSR count). The molecule has 0 aliphatic carbocycles. The standard InChI is InChI=1S/C39H23BrN4S/c40-27-17-18-33-29(21-27)30-22-32-31-20-26(16-19-35(31)45-36(32)23-34(30)44(33)28-14-8-3-9-15-28)39-42-37(24-10-4-1-5-11-24)41-38(43-39)25-12-6-2-7-13-25/h1-23H. The van der Waals surface area contributed by atoms with Crippen LogP contribution in [-0.4, -0.2) is 19.5 Å². The van der Waals surface area contributed by atoms with E-state index in [9.17, 15) is 0 Å². The summed E-state index contributed by atoms with van der Waals surface area (Å²) < 4.78 is 5.92. The first-order chi connectivity index (χ1) is 22.2. The van der Waals surface area contributed by atoms with Gasteiger partial charge in [-0.1, -0.05) is 94.8 Å². The topological polar surface area (TPSA) is 43.6 Å². The number of hydrogen-bond acceptors (Lipinski definition) is 4. The molecule has 0 N–H and O–H groups in total. The van der Waals surface area contributed by atoms with Gasteiger partial charge in [0.1, 0.15) is 0 Å². The minimum absolute atomic E-state index is 0.662. The number of benzene rings is 6. The maximum atomic E-state index is 4.98. The SMILES string of the molecule is Brc1ccc2c(c1)c1cc3c(cc1n2-c1ccccc1)sc1ccc(-c2nc(-c4ccccc4)nc(-c4ccccc4)n2)cc13. The van der Waals surface area contributed by atoms with Gasteiger partial charge < -0.3 is 4.57 Å². The van der Waals surface area contributed by atoms with E-state index in [0.717, 1.165) is 26.9 Å². The van der Waals surface area contributed by atoms with Crippen molar-refractivity contribution in [2.45, 2.75) is 0 Å². The molecule has 0 saturated carbocycles. The van der Waals surface area contributed by atoms with Gasteiger partial charge in [-0.25, -0.2) is 15.0 Å². The Hall–Kier alpha value is -5.17. The summed E-state index contributed by atoms with van der Waals surface area (Å²) in [7, 11) is 0. The van der Waals surface area contributed by atoms with Gasteiger partial charge in [-0.15, -0.1) is 11.3 Å². The Kier molecular flexibility index (Phi) is 6.11. The van der Waals surface area contributed by atoms with Gasteiger partial charge in [-0.3, -0.25) is 0 Å². The number of rotatable bonds is 4. The molecule has 0 fully saturated rings. The van der Waals surface area contributed by atoms with Crippen LogP contribution in [-0.2, 0) is 0 Å². The molecule has 212 valence electrons. The molecule has 6 heteroatoms. The minimum atomic E-state index is 0.662. The monoisotopic (exact) mass is 658 g/mol. The third-order valence-electron chi connectivity index (χ3n) is 8.29. The first-order valence-electron chi connectivity index (χ1n) is 14.7. The predicted octanol–water partition coefficient (Wildman–Crippen LogP) is 11.1. The van der Waals surface area contributed by atoms with Crippen LogP contribution in [0.2, 0.25) is 0 Å². The van der Waals surface area contributed by atoms with Crippen LogP contribution in [0, 0.1) is 0 Å². The first-order valence-corrected chi connectivity index (χ1v) is 16.3. The normalized spacial score (nSPS) is 11.7. The molecule has 0 spiro atoms. The Labute approximate surface area is 271 Å². The Morgan fingerprint density at radius 3 is 1.69 bits per heavy atom. The van der Waals surface area contributed by atoms with Crippen LogP contribution in [0.25, 0.3) is 81.8 Å². The molecular weight excluding hydrogens is 636 g/mol. The zero-order chi connectivity index (χ0) is 29.9.